The number of nitrogens with zero attached hydrogens (tertiary/aromatic N) is 1. The molecule has 0 fully saturated rings. The monoisotopic (exact) mass is 371 g/mol. The third-order valence-electron chi connectivity index (χ3n) is 4.09. The molecule has 144 valence electrons. The molecule has 0 radical (unpaired) electrons. The summed E-state index contributed by atoms with van der Waals surface area (Å²) in [7, 11) is 1.55. The molecule has 0 aliphatic heterocycles. The molecule has 0 saturated heterocycles. The zero-order chi connectivity index (χ0) is 20.0. The first-order valence-corrected chi connectivity index (χ1v) is 8.65. The minimum atomic E-state index is -0.510. The molecule has 7 nitrogen and oxygen atoms in total. The Morgan fingerprint density at radius 3 is 2.37 bits per heavy atom. The molecule has 0 aromatic heterocycles. The molecule has 0 atom stereocenters. The smallest absolute Gasteiger partial charge is 0.293 e. The van der Waals surface area contributed by atoms with Crippen LogP contribution in [0.3, 0.4) is 0 Å². The highest BCUT2D eigenvalue weighted by atomic mass is 16.6. The maximum atomic E-state index is 12.5. The normalized spacial score (nSPS) is 11.1. The fraction of sp³-hybridized carbons (Fsp3) is 0.350. The summed E-state index contributed by atoms with van der Waals surface area (Å²) in [5.74, 6) is -0.398. The van der Waals surface area contributed by atoms with Crippen LogP contribution in [0.15, 0.2) is 42.5 Å². The zero-order valence-electron chi connectivity index (χ0n) is 16.0. The minimum Gasteiger partial charge on any atom is -0.383 e. The molecular weight excluding hydrogens is 346 g/mol. The molecular formula is C20H25N3O4. The predicted octanol–water partition coefficient (Wildman–Crippen LogP) is 4.20. The van der Waals surface area contributed by atoms with Crippen molar-refractivity contribution in [2.45, 2.75) is 26.2 Å². The van der Waals surface area contributed by atoms with Crippen molar-refractivity contribution in [2.75, 3.05) is 30.9 Å². The van der Waals surface area contributed by atoms with Gasteiger partial charge in [0.15, 0.2) is 0 Å². The highest BCUT2D eigenvalue weighted by molar-refractivity contribution is 6.05. The van der Waals surface area contributed by atoms with E-state index in [1.807, 2.05) is 24.3 Å². The molecule has 0 aliphatic rings. The van der Waals surface area contributed by atoms with Crippen LogP contribution < -0.4 is 10.6 Å². The number of methoxy groups -OCH3 is 1. The molecule has 0 spiro atoms. The van der Waals surface area contributed by atoms with Gasteiger partial charge in [0.1, 0.15) is 5.69 Å². The Morgan fingerprint density at radius 1 is 1.15 bits per heavy atom. The number of rotatable bonds is 7. The van der Waals surface area contributed by atoms with Crippen molar-refractivity contribution in [3.8, 4) is 0 Å². The van der Waals surface area contributed by atoms with Crippen molar-refractivity contribution >= 4 is 23.0 Å². The maximum absolute atomic E-state index is 12.5. The molecule has 0 saturated carbocycles. The number of benzene rings is 2. The molecule has 0 unspecified atom stereocenters. The van der Waals surface area contributed by atoms with Gasteiger partial charge in [-0.25, -0.2) is 0 Å². The number of anilines is 2. The summed E-state index contributed by atoms with van der Waals surface area (Å²) in [5, 5.41) is 17.0. The Kier molecular flexibility index (Phi) is 6.52. The molecule has 2 rings (SSSR count). The van der Waals surface area contributed by atoms with E-state index in [1.165, 1.54) is 12.1 Å². The van der Waals surface area contributed by atoms with Crippen LogP contribution in [-0.2, 0) is 10.2 Å². The number of carbonyl (C=O) groups is 1. The van der Waals surface area contributed by atoms with Gasteiger partial charge in [-0.1, -0.05) is 32.9 Å². The number of nitro benzene ring substituents is 1. The quantitative estimate of drug-likeness (QED) is 0.432. The third kappa shape index (κ3) is 5.52. The fourth-order valence-corrected chi connectivity index (χ4v) is 2.52. The summed E-state index contributed by atoms with van der Waals surface area (Å²) in [6.45, 7) is 7.19. The summed E-state index contributed by atoms with van der Waals surface area (Å²) in [5.41, 5.74) is 2.24. The van der Waals surface area contributed by atoms with Crippen molar-refractivity contribution in [1.29, 1.82) is 0 Å². The van der Waals surface area contributed by atoms with E-state index >= 15 is 0 Å². The molecule has 0 bridgehead atoms. The average molecular weight is 371 g/mol. The molecule has 2 aromatic rings. The Morgan fingerprint density at radius 2 is 1.81 bits per heavy atom. The van der Waals surface area contributed by atoms with E-state index in [1.54, 1.807) is 13.2 Å². The maximum Gasteiger partial charge on any atom is 0.293 e. The van der Waals surface area contributed by atoms with E-state index in [0.29, 0.717) is 24.5 Å². The van der Waals surface area contributed by atoms with E-state index in [4.69, 9.17) is 4.74 Å². The van der Waals surface area contributed by atoms with E-state index < -0.39 is 10.8 Å². The molecule has 7 heteroatoms. The molecule has 2 N–H and O–H groups in total. The second-order valence-corrected chi connectivity index (χ2v) is 7.19. The Bertz CT molecular complexity index is 811. The van der Waals surface area contributed by atoms with Crippen LogP contribution in [0.25, 0.3) is 0 Å². The fourth-order valence-electron chi connectivity index (χ4n) is 2.52. The van der Waals surface area contributed by atoms with Crippen LogP contribution in [0, 0.1) is 10.1 Å². The van der Waals surface area contributed by atoms with Crippen molar-refractivity contribution < 1.29 is 14.5 Å². The second-order valence-electron chi connectivity index (χ2n) is 7.19. The lowest BCUT2D eigenvalue weighted by atomic mass is 9.87. The first-order chi connectivity index (χ1) is 12.7. The Labute approximate surface area is 158 Å². The zero-order valence-corrected chi connectivity index (χ0v) is 16.0. The molecule has 1 amide bonds. The van der Waals surface area contributed by atoms with Crippen LogP contribution in [0.5, 0.6) is 0 Å². The lowest BCUT2D eigenvalue weighted by molar-refractivity contribution is -0.384. The van der Waals surface area contributed by atoms with Gasteiger partial charge in [0.25, 0.3) is 11.6 Å². The number of nitrogens with one attached hydrogen (secondary N) is 2. The largest absolute Gasteiger partial charge is 0.383 e. The van der Waals surface area contributed by atoms with Crippen molar-refractivity contribution in [3.63, 3.8) is 0 Å². The topological polar surface area (TPSA) is 93.5 Å². The minimum absolute atomic E-state index is 0.0226. The van der Waals surface area contributed by atoms with Crippen molar-refractivity contribution in [3.05, 3.63) is 63.7 Å². The van der Waals surface area contributed by atoms with Crippen LogP contribution >= 0.6 is 0 Å². The second kappa shape index (κ2) is 8.64. The van der Waals surface area contributed by atoms with Gasteiger partial charge in [0.2, 0.25) is 0 Å². The number of carbonyl (C=O) groups excluding carboxylic acids is 1. The van der Waals surface area contributed by atoms with Gasteiger partial charge < -0.3 is 15.4 Å². The highest BCUT2D eigenvalue weighted by Crippen LogP contribution is 2.27. The van der Waals surface area contributed by atoms with E-state index in [2.05, 4.69) is 31.4 Å². The van der Waals surface area contributed by atoms with Gasteiger partial charge in [-0.15, -0.1) is 0 Å². The van der Waals surface area contributed by atoms with Crippen LogP contribution in [0.4, 0.5) is 17.1 Å². The predicted molar refractivity (Wildman–Crippen MR) is 107 cm³/mol. The first kappa shape index (κ1) is 20.4. The molecule has 0 aliphatic carbocycles. The van der Waals surface area contributed by atoms with Gasteiger partial charge in [0, 0.05) is 31.0 Å². The Hall–Kier alpha value is -2.93. The van der Waals surface area contributed by atoms with Crippen LogP contribution in [0.1, 0.15) is 36.7 Å². The van der Waals surface area contributed by atoms with Crippen LogP contribution in [0.2, 0.25) is 0 Å². The third-order valence-corrected chi connectivity index (χ3v) is 4.09. The van der Waals surface area contributed by atoms with E-state index in [-0.39, 0.29) is 16.7 Å². The summed E-state index contributed by atoms with van der Waals surface area (Å²) in [6.07, 6.45) is 0. The van der Waals surface area contributed by atoms with Crippen LogP contribution in [-0.4, -0.2) is 31.1 Å². The molecule has 2 aromatic carbocycles. The first-order valence-electron chi connectivity index (χ1n) is 8.65. The van der Waals surface area contributed by atoms with Crippen molar-refractivity contribution in [2.24, 2.45) is 0 Å². The van der Waals surface area contributed by atoms with E-state index in [9.17, 15) is 14.9 Å². The summed E-state index contributed by atoms with van der Waals surface area (Å²) in [6, 6.07) is 11.9. The number of hydrogen-bond acceptors (Lipinski definition) is 5. The number of amides is 1. The number of hydrogen-bond donors (Lipinski definition) is 2. The van der Waals surface area contributed by atoms with Gasteiger partial charge >= 0.3 is 0 Å². The summed E-state index contributed by atoms with van der Waals surface area (Å²) < 4.78 is 4.93. The SMILES string of the molecule is COCCNc1ccc(C(=O)Nc2ccc(C(C)(C)C)cc2)cc1[N+](=O)[O-]. The van der Waals surface area contributed by atoms with Gasteiger partial charge in [-0.2, -0.15) is 0 Å². The molecule has 27 heavy (non-hydrogen) atoms. The van der Waals surface area contributed by atoms with Crippen molar-refractivity contribution in [1.82, 2.24) is 0 Å². The average Bonchev–Trinajstić information content (AvgIpc) is 2.61. The summed E-state index contributed by atoms with van der Waals surface area (Å²) in [4.78, 5) is 23.3. The highest BCUT2D eigenvalue weighted by Gasteiger charge is 2.18. The van der Waals surface area contributed by atoms with E-state index in [0.717, 1.165) is 5.56 Å². The standard InChI is InChI=1S/C20H25N3O4/c1-20(2,3)15-6-8-16(9-7-15)22-19(24)14-5-10-17(21-11-12-27-4)18(13-14)23(25)26/h5-10,13,21H,11-12H2,1-4H3,(H,22,24). The van der Waals surface area contributed by atoms with Gasteiger partial charge in [-0.05, 0) is 35.2 Å². The Balaban J connectivity index is 2.16. The lowest BCUT2D eigenvalue weighted by Gasteiger charge is -2.19. The van der Waals surface area contributed by atoms with Gasteiger partial charge in [0.05, 0.1) is 11.5 Å². The summed E-state index contributed by atoms with van der Waals surface area (Å²) >= 11 is 0. The number of ether oxygens (including phenoxy) is 1. The van der Waals surface area contributed by atoms with Gasteiger partial charge in [-0.3, -0.25) is 14.9 Å². The number of nitro groups is 1. The lowest BCUT2D eigenvalue weighted by Crippen LogP contribution is -2.14. The molecule has 0 heterocycles.